The first kappa shape index (κ1) is 14.8. The van der Waals surface area contributed by atoms with E-state index < -0.39 is 16.0 Å². The van der Waals surface area contributed by atoms with Gasteiger partial charge in [-0.1, -0.05) is 12.8 Å². The van der Waals surface area contributed by atoms with Gasteiger partial charge >= 0.3 is 5.97 Å². The van der Waals surface area contributed by atoms with Crippen molar-refractivity contribution in [2.24, 2.45) is 0 Å². The van der Waals surface area contributed by atoms with E-state index in [0.29, 0.717) is 5.25 Å². The van der Waals surface area contributed by atoms with Gasteiger partial charge in [-0.3, -0.25) is 4.79 Å². The van der Waals surface area contributed by atoms with E-state index in [0.717, 1.165) is 25.7 Å². The molecule has 0 aliphatic heterocycles. The Hall–Kier alpha value is -0.270. The summed E-state index contributed by atoms with van der Waals surface area (Å²) in [6.45, 7) is 0. The lowest BCUT2D eigenvalue weighted by molar-refractivity contribution is -0.136. The maximum Gasteiger partial charge on any atom is 0.304 e. The topological polar surface area (TPSA) is 83.5 Å². The number of hydrogen-bond acceptors (Lipinski definition) is 4. The minimum Gasteiger partial charge on any atom is -0.481 e. The molecule has 0 aromatic heterocycles. The van der Waals surface area contributed by atoms with Crippen LogP contribution in [0, 0.1) is 0 Å². The number of thioether (sulfide) groups is 1. The van der Waals surface area contributed by atoms with E-state index in [1.807, 2.05) is 6.26 Å². The van der Waals surface area contributed by atoms with Crippen molar-refractivity contribution in [1.29, 1.82) is 0 Å². The van der Waals surface area contributed by atoms with Gasteiger partial charge in [0.15, 0.2) is 0 Å². The molecule has 1 rings (SSSR count). The molecule has 0 aromatic carbocycles. The molecule has 7 heteroatoms. The average molecular weight is 281 g/mol. The van der Waals surface area contributed by atoms with Crippen LogP contribution in [-0.4, -0.2) is 42.8 Å². The molecule has 1 aliphatic rings. The summed E-state index contributed by atoms with van der Waals surface area (Å²) in [7, 11) is -3.46. The van der Waals surface area contributed by atoms with Crippen LogP contribution < -0.4 is 4.72 Å². The Morgan fingerprint density at radius 2 is 2.06 bits per heavy atom. The Labute approximate surface area is 106 Å². The summed E-state index contributed by atoms with van der Waals surface area (Å²) in [5.41, 5.74) is 0. The molecule has 0 radical (unpaired) electrons. The van der Waals surface area contributed by atoms with Gasteiger partial charge in [0.1, 0.15) is 0 Å². The van der Waals surface area contributed by atoms with Crippen molar-refractivity contribution in [3.63, 3.8) is 0 Å². The molecule has 1 fully saturated rings. The number of rotatable bonds is 6. The molecule has 0 heterocycles. The van der Waals surface area contributed by atoms with Gasteiger partial charge in [-0.25, -0.2) is 13.1 Å². The van der Waals surface area contributed by atoms with Crippen LogP contribution in [0.5, 0.6) is 0 Å². The zero-order valence-electron chi connectivity index (χ0n) is 9.89. The first-order valence-electron chi connectivity index (χ1n) is 5.69. The molecule has 0 saturated heterocycles. The monoisotopic (exact) mass is 281 g/mol. The second kappa shape index (κ2) is 6.61. The fourth-order valence-corrected chi connectivity index (χ4v) is 4.35. The van der Waals surface area contributed by atoms with Crippen LogP contribution in [0.1, 0.15) is 32.1 Å². The Kier molecular flexibility index (Phi) is 5.75. The molecule has 0 spiro atoms. The largest absolute Gasteiger partial charge is 0.481 e. The summed E-state index contributed by atoms with van der Waals surface area (Å²) < 4.78 is 26.0. The number of sulfonamides is 1. The molecule has 17 heavy (non-hydrogen) atoms. The van der Waals surface area contributed by atoms with Gasteiger partial charge in [-0.05, 0) is 19.1 Å². The number of carboxylic acid groups (broad SMARTS) is 1. The van der Waals surface area contributed by atoms with Crippen LogP contribution in [0.15, 0.2) is 0 Å². The van der Waals surface area contributed by atoms with Crippen LogP contribution in [0.4, 0.5) is 0 Å². The fraction of sp³-hybridized carbons (Fsp3) is 0.900. The Balaban J connectivity index is 2.52. The van der Waals surface area contributed by atoms with Crippen LogP contribution in [-0.2, 0) is 14.8 Å². The van der Waals surface area contributed by atoms with Crippen molar-refractivity contribution in [3.8, 4) is 0 Å². The highest BCUT2D eigenvalue weighted by Gasteiger charge is 2.28. The Morgan fingerprint density at radius 3 is 2.65 bits per heavy atom. The van der Waals surface area contributed by atoms with Crippen molar-refractivity contribution in [2.75, 3.05) is 12.0 Å². The lowest BCUT2D eigenvalue weighted by Gasteiger charge is -2.30. The highest BCUT2D eigenvalue weighted by molar-refractivity contribution is 7.99. The number of aliphatic carboxylic acids is 1. The summed E-state index contributed by atoms with van der Waals surface area (Å²) in [6.07, 6.45) is 5.67. The highest BCUT2D eigenvalue weighted by Crippen LogP contribution is 2.27. The van der Waals surface area contributed by atoms with Crippen molar-refractivity contribution in [1.82, 2.24) is 4.72 Å². The molecule has 0 amide bonds. The summed E-state index contributed by atoms with van der Waals surface area (Å²) >= 11 is 1.68. The third-order valence-electron chi connectivity index (χ3n) is 2.92. The van der Waals surface area contributed by atoms with E-state index in [9.17, 15) is 13.2 Å². The maximum atomic E-state index is 11.7. The number of carboxylic acids is 1. The van der Waals surface area contributed by atoms with Crippen LogP contribution in [0.25, 0.3) is 0 Å². The average Bonchev–Trinajstić information content (AvgIpc) is 2.27. The molecule has 0 bridgehead atoms. The Morgan fingerprint density at radius 1 is 1.41 bits per heavy atom. The highest BCUT2D eigenvalue weighted by atomic mass is 32.2. The molecule has 2 atom stereocenters. The predicted octanol–water partition coefficient (Wildman–Crippen LogP) is 1.05. The summed E-state index contributed by atoms with van der Waals surface area (Å²) in [6, 6.07) is -0.0439. The fourth-order valence-electron chi connectivity index (χ4n) is 2.03. The number of nitrogens with one attached hydrogen (secondary N) is 1. The zero-order valence-corrected chi connectivity index (χ0v) is 11.5. The van der Waals surface area contributed by atoms with E-state index in [1.165, 1.54) is 0 Å². The van der Waals surface area contributed by atoms with E-state index in [-0.39, 0.29) is 18.2 Å². The van der Waals surface area contributed by atoms with Crippen molar-refractivity contribution >= 4 is 27.8 Å². The predicted molar refractivity (Wildman–Crippen MR) is 68.7 cm³/mol. The SMILES string of the molecule is CSC1CCCCC1NS(=O)(=O)CCC(=O)O. The number of carbonyl (C=O) groups is 1. The van der Waals surface area contributed by atoms with Gasteiger partial charge in [0.2, 0.25) is 10.0 Å². The third kappa shape index (κ3) is 5.27. The van der Waals surface area contributed by atoms with Gasteiger partial charge < -0.3 is 5.11 Å². The smallest absolute Gasteiger partial charge is 0.304 e. The standard InChI is InChI=1S/C10H19NO4S2/c1-16-9-5-3-2-4-8(9)11-17(14,15)7-6-10(12)13/h8-9,11H,2-7H2,1H3,(H,12,13). The van der Waals surface area contributed by atoms with Gasteiger partial charge in [0.05, 0.1) is 12.2 Å². The first-order chi connectivity index (χ1) is 7.94. The quantitative estimate of drug-likeness (QED) is 0.760. The summed E-state index contributed by atoms with van der Waals surface area (Å²) in [4.78, 5) is 10.4. The lowest BCUT2D eigenvalue weighted by atomic mass is 9.96. The van der Waals surface area contributed by atoms with E-state index in [4.69, 9.17) is 5.11 Å². The van der Waals surface area contributed by atoms with Crippen molar-refractivity contribution in [2.45, 2.75) is 43.4 Å². The third-order valence-corrected chi connectivity index (χ3v) is 5.49. The molecular weight excluding hydrogens is 262 g/mol. The van der Waals surface area contributed by atoms with Crippen LogP contribution in [0.2, 0.25) is 0 Å². The van der Waals surface area contributed by atoms with E-state index in [2.05, 4.69) is 4.72 Å². The summed E-state index contributed by atoms with van der Waals surface area (Å²) in [5, 5.41) is 8.79. The number of hydrogen-bond donors (Lipinski definition) is 2. The van der Waals surface area contributed by atoms with Gasteiger partial charge in [0, 0.05) is 11.3 Å². The summed E-state index contributed by atoms with van der Waals surface area (Å²) in [5.74, 6) is -1.42. The second-order valence-electron chi connectivity index (χ2n) is 4.25. The molecule has 2 unspecified atom stereocenters. The first-order valence-corrected chi connectivity index (χ1v) is 8.63. The van der Waals surface area contributed by atoms with Crippen molar-refractivity contribution < 1.29 is 18.3 Å². The molecular formula is C10H19NO4S2. The molecule has 1 aliphatic carbocycles. The Bertz CT molecular complexity index is 355. The lowest BCUT2D eigenvalue weighted by Crippen LogP contribution is -2.44. The molecule has 5 nitrogen and oxygen atoms in total. The van der Waals surface area contributed by atoms with Crippen molar-refractivity contribution in [3.05, 3.63) is 0 Å². The van der Waals surface area contributed by atoms with Crippen LogP contribution >= 0.6 is 11.8 Å². The molecule has 0 aromatic rings. The minimum absolute atomic E-state index is 0.0439. The second-order valence-corrected chi connectivity index (χ2v) is 7.20. The zero-order chi connectivity index (χ0) is 12.9. The minimum atomic E-state index is -3.46. The van der Waals surface area contributed by atoms with Gasteiger partial charge in [0.25, 0.3) is 0 Å². The molecule has 1 saturated carbocycles. The van der Waals surface area contributed by atoms with E-state index >= 15 is 0 Å². The maximum absolute atomic E-state index is 11.7. The van der Waals surface area contributed by atoms with Gasteiger partial charge in [-0.2, -0.15) is 11.8 Å². The van der Waals surface area contributed by atoms with Crippen LogP contribution in [0.3, 0.4) is 0 Å². The molecule has 2 N–H and O–H groups in total. The molecule has 100 valence electrons. The van der Waals surface area contributed by atoms with E-state index in [1.54, 1.807) is 11.8 Å². The van der Waals surface area contributed by atoms with Gasteiger partial charge in [-0.15, -0.1) is 0 Å². The normalized spacial score (nSPS) is 25.7.